The quantitative estimate of drug-likeness (QED) is 0.751. The van der Waals surface area contributed by atoms with Crippen molar-refractivity contribution in [1.29, 1.82) is 0 Å². The standard InChI is InChI=1S/C13H24N2O/c1-13(2)8-4-3-7-11(13)15-12(16)10-6-5-9-14-10/h10-11,14H,3-9H2,1-2H3,(H,15,16). The van der Waals surface area contributed by atoms with Gasteiger partial charge in [0.1, 0.15) is 0 Å². The monoisotopic (exact) mass is 224 g/mol. The van der Waals surface area contributed by atoms with Crippen LogP contribution in [0.5, 0.6) is 0 Å². The maximum Gasteiger partial charge on any atom is 0.237 e. The molecule has 1 aliphatic carbocycles. The van der Waals surface area contributed by atoms with Crippen molar-refractivity contribution >= 4 is 5.91 Å². The van der Waals surface area contributed by atoms with E-state index in [0.717, 1.165) is 25.8 Å². The molecule has 2 unspecified atom stereocenters. The Kier molecular flexibility index (Phi) is 3.53. The summed E-state index contributed by atoms with van der Waals surface area (Å²) >= 11 is 0. The highest BCUT2D eigenvalue weighted by Crippen LogP contribution is 2.35. The van der Waals surface area contributed by atoms with Gasteiger partial charge in [-0.1, -0.05) is 26.7 Å². The molecule has 3 heteroatoms. The first-order chi connectivity index (χ1) is 7.59. The first kappa shape index (κ1) is 11.9. The van der Waals surface area contributed by atoms with Crippen LogP contribution in [0.25, 0.3) is 0 Å². The highest BCUT2D eigenvalue weighted by Gasteiger charge is 2.34. The summed E-state index contributed by atoms with van der Waals surface area (Å²) in [7, 11) is 0. The summed E-state index contributed by atoms with van der Waals surface area (Å²) in [6.07, 6.45) is 7.07. The number of hydrogen-bond donors (Lipinski definition) is 2. The second-order valence-electron chi connectivity index (χ2n) is 5.94. The zero-order valence-corrected chi connectivity index (χ0v) is 10.5. The molecule has 0 radical (unpaired) electrons. The molecule has 0 spiro atoms. The highest BCUT2D eigenvalue weighted by atomic mass is 16.2. The van der Waals surface area contributed by atoms with Crippen LogP contribution >= 0.6 is 0 Å². The Morgan fingerprint density at radius 2 is 2.06 bits per heavy atom. The molecule has 1 saturated carbocycles. The van der Waals surface area contributed by atoms with Crippen LogP contribution in [-0.4, -0.2) is 24.5 Å². The number of carbonyl (C=O) groups excluding carboxylic acids is 1. The predicted molar refractivity (Wildman–Crippen MR) is 65.2 cm³/mol. The predicted octanol–water partition coefficient (Wildman–Crippen LogP) is 1.82. The average Bonchev–Trinajstić information content (AvgIpc) is 2.74. The van der Waals surface area contributed by atoms with E-state index in [4.69, 9.17) is 0 Å². The van der Waals surface area contributed by atoms with Gasteiger partial charge in [0.15, 0.2) is 0 Å². The fourth-order valence-electron chi connectivity index (χ4n) is 2.94. The van der Waals surface area contributed by atoms with Crippen LogP contribution in [-0.2, 0) is 4.79 Å². The van der Waals surface area contributed by atoms with Crippen LogP contribution in [0.15, 0.2) is 0 Å². The van der Waals surface area contributed by atoms with E-state index < -0.39 is 0 Å². The summed E-state index contributed by atoms with van der Waals surface area (Å²) in [5, 5.41) is 6.51. The van der Waals surface area contributed by atoms with Crippen LogP contribution in [0.3, 0.4) is 0 Å². The molecule has 2 N–H and O–H groups in total. The summed E-state index contributed by atoms with van der Waals surface area (Å²) in [6, 6.07) is 0.439. The second-order valence-corrected chi connectivity index (χ2v) is 5.94. The van der Waals surface area contributed by atoms with Crippen LogP contribution < -0.4 is 10.6 Å². The molecule has 0 bridgehead atoms. The van der Waals surface area contributed by atoms with Crippen molar-refractivity contribution in [3.63, 3.8) is 0 Å². The zero-order chi connectivity index (χ0) is 11.6. The molecule has 1 aliphatic heterocycles. The van der Waals surface area contributed by atoms with E-state index in [1.807, 2.05) is 0 Å². The van der Waals surface area contributed by atoms with Gasteiger partial charge in [0.25, 0.3) is 0 Å². The van der Waals surface area contributed by atoms with E-state index in [9.17, 15) is 4.79 Å². The Bertz CT molecular complexity index is 257. The van der Waals surface area contributed by atoms with Gasteiger partial charge in [-0.3, -0.25) is 4.79 Å². The third-order valence-corrected chi connectivity index (χ3v) is 4.20. The fourth-order valence-corrected chi connectivity index (χ4v) is 2.94. The molecule has 1 saturated heterocycles. The van der Waals surface area contributed by atoms with Gasteiger partial charge in [0.2, 0.25) is 5.91 Å². The van der Waals surface area contributed by atoms with Crippen molar-refractivity contribution in [2.75, 3.05) is 6.54 Å². The molecule has 2 rings (SSSR count). The van der Waals surface area contributed by atoms with Gasteiger partial charge < -0.3 is 10.6 Å². The number of hydrogen-bond acceptors (Lipinski definition) is 2. The molecular weight excluding hydrogens is 200 g/mol. The lowest BCUT2D eigenvalue weighted by atomic mass is 9.73. The first-order valence-electron chi connectivity index (χ1n) is 6.63. The molecule has 2 atom stereocenters. The number of carbonyl (C=O) groups is 1. The largest absolute Gasteiger partial charge is 0.351 e. The van der Waals surface area contributed by atoms with Crippen LogP contribution in [0.4, 0.5) is 0 Å². The van der Waals surface area contributed by atoms with Crippen molar-refractivity contribution in [3.05, 3.63) is 0 Å². The molecule has 92 valence electrons. The van der Waals surface area contributed by atoms with Crippen LogP contribution in [0.1, 0.15) is 52.4 Å². The van der Waals surface area contributed by atoms with E-state index in [0.29, 0.717) is 6.04 Å². The molecule has 0 aromatic carbocycles. The van der Waals surface area contributed by atoms with E-state index >= 15 is 0 Å². The smallest absolute Gasteiger partial charge is 0.237 e. The fraction of sp³-hybridized carbons (Fsp3) is 0.923. The van der Waals surface area contributed by atoms with Gasteiger partial charge in [-0.15, -0.1) is 0 Å². The highest BCUT2D eigenvalue weighted by molar-refractivity contribution is 5.82. The summed E-state index contributed by atoms with van der Waals surface area (Å²) < 4.78 is 0. The van der Waals surface area contributed by atoms with Gasteiger partial charge in [-0.05, 0) is 37.6 Å². The van der Waals surface area contributed by atoms with Gasteiger partial charge in [0, 0.05) is 6.04 Å². The van der Waals surface area contributed by atoms with Crippen LogP contribution in [0, 0.1) is 5.41 Å². The summed E-state index contributed by atoms with van der Waals surface area (Å²) in [6.45, 7) is 5.55. The molecule has 0 aromatic rings. The minimum Gasteiger partial charge on any atom is -0.351 e. The topological polar surface area (TPSA) is 41.1 Å². The maximum atomic E-state index is 12.0. The Balaban J connectivity index is 1.89. The molecule has 2 aliphatic rings. The lowest BCUT2D eigenvalue weighted by Gasteiger charge is -2.39. The van der Waals surface area contributed by atoms with E-state index in [2.05, 4.69) is 24.5 Å². The van der Waals surface area contributed by atoms with E-state index in [-0.39, 0.29) is 17.4 Å². The molecule has 3 nitrogen and oxygen atoms in total. The Hall–Kier alpha value is -0.570. The minimum absolute atomic E-state index is 0.0673. The van der Waals surface area contributed by atoms with Gasteiger partial charge in [0.05, 0.1) is 6.04 Å². The summed E-state index contributed by atoms with van der Waals surface area (Å²) in [5.41, 5.74) is 0.270. The summed E-state index contributed by atoms with van der Waals surface area (Å²) in [4.78, 5) is 12.0. The van der Waals surface area contributed by atoms with E-state index in [1.165, 1.54) is 19.3 Å². The Labute approximate surface area is 98.4 Å². The maximum absolute atomic E-state index is 12.0. The van der Waals surface area contributed by atoms with E-state index in [1.54, 1.807) is 0 Å². The van der Waals surface area contributed by atoms with Crippen molar-refractivity contribution < 1.29 is 4.79 Å². The van der Waals surface area contributed by atoms with Gasteiger partial charge in [-0.2, -0.15) is 0 Å². The lowest BCUT2D eigenvalue weighted by Crippen LogP contribution is -2.51. The third kappa shape index (κ3) is 2.57. The Morgan fingerprint density at radius 1 is 1.25 bits per heavy atom. The Morgan fingerprint density at radius 3 is 2.69 bits per heavy atom. The normalized spacial score (nSPS) is 33.6. The molecule has 16 heavy (non-hydrogen) atoms. The first-order valence-corrected chi connectivity index (χ1v) is 6.63. The lowest BCUT2D eigenvalue weighted by molar-refractivity contribution is -0.124. The van der Waals surface area contributed by atoms with Crippen molar-refractivity contribution in [2.45, 2.75) is 64.5 Å². The molecular formula is C13H24N2O. The number of amides is 1. The SMILES string of the molecule is CC1(C)CCCCC1NC(=O)C1CCCN1. The molecule has 2 fully saturated rings. The zero-order valence-electron chi connectivity index (χ0n) is 10.5. The molecule has 0 aromatic heterocycles. The number of nitrogens with one attached hydrogen (secondary N) is 2. The third-order valence-electron chi connectivity index (χ3n) is 4.20. The second kappa shape index (κ2) is 4.74. The summed E-state index contributed by atoms with van der Waals surface area (Å²) in [5.74, 6) is 0.220. The number of rotatable bonds is 2. The van der Waals surface area contributed by atoms with Crippen molar-refractivity contribution in [1.82, 2.24) is 10.6 Å². The average molecular weight is 224 g/mol. The molecule has 1 amide bonds. The van der Waals surface area contributed by atoms with Crippen molar-refractivity contribution in [2.24, 2.45) is 5.41 Å². The van der Waals surface area contributed by atoms with Gasteiger partial charge in [-0.25, -0.2) is 0 Å². The van der Waals surface area contributed by atoms with Gasteiger partial charge >= 0.3 is 0 Å². The van der Waals surface area contributed by atoms with Crippen molar-refractivity contribution in [3.8, 4) is 0 Å². The molecule has 1 heterocycles. The van der Waals surface area contributed by atoms with Crippen LogP contribution in [0.2, 0.25) is 0 Å². The minimum atomic E-state index is 0.0673.